The molecule has 0 saturated heterocycles. The third kappa shape index (κ3) is 4.99. The van der Waals surface area contributed by atoms with E-state index in [0.29, 0.717) is 22.4 Å². The fourth-order valence-electron chi connectivity index (χ4n) is 3.10. The van der Waals surface area contributed by atoms with E-state index in [1.165, 1.54) is 6.26 Å². The Kier molecular flexibility index (Phi) is 6.22. The number of fused-ring (bicyclic) bond motifs is 1. The van der Waals surface area contributed by atoms with Gasteiger partial charge < -0.3 is 14.5 Å². The molecule has 0 aliphatic carbocycles. The fraction of sp³-hybridized carbons (Fsp3) is 0.0833. The first-order chi connectivity index (χ1) is 15.6. The standard InChI is InChI=1S/C24H19N3O5/c28-22(27-24(30)25-14-17-9-6-12-31-17)15-32-23(29)19-13-21(16-7-2-1-3-8-16)26-20-11-5-4-10-18(19)20/h1-13H,14-15H2,(H2,25,27,28,30). The van der Waals surface area contributed by atoms with Crippen LogP contribution in [0.15, 0.2) is 83.5 Å². The molecule has 2 N–H and O–H groups in total. The predicted octanol–water partition coefficient (Wildman–Crippen LogP) is 3.68. The van der Waals surface area contributed by atoms with Crippen molar-refractivity contribution >= 4 is 28.8 Å². The van der Waals surface area contributed by atoms with Crippen molar-refractivity contribution in [2.24, 2.45) is 0 Å². The first-order valence-corrected chi connectivity index (χ1v) is 9.82. The van der Waals surface area contributed by atoms with Gasteiger partial charge in [-0.25, -0.2) is 14.6 Å². The van der Waals surface area contributed by atoms with Crippen molar-refractivity contribution in [1.82, 2.24) is 15.6 Å². The highest BCUT2D eigenvalue weighted by molar-refractivity contribution is 6.05. The van der Waals surface area contributed by atoms with Crippen LogP contribution in [0.1, 0.15) is 16.1 Å². The normalized spacial score (nSPS) is 10.5. The summed E-state index contributed by atoms with van der Waals surface area (Å²) in [7, 11) is 0. The molecule has 3 amide bonds. The Balaban J connectivity index is 1.43. The number of furan rings is 1. The van der Waals surface area contributed by atoms with Gasteiger partial charge in [0.1, 0.15) is 5.76 Å². The van der Waals surface area contributed by atoms with E-state index in [1.54, 1.807) is 36.4 Å². The lowest BCUT2D eigenvalue weighted by Crippen LogP contribution is -2.41. The number of nitrogens with one attached hydrogen (secondary N) is 2. The number of para-hydroxylation sites is 1. The minimum atomic E-state index is -0.753. The molecule has 0 aliphatic rings. The van der Waals surface area contributed by atoms with Crippen LogP contribution in [0.3, 0.4) is 0 Å². The lowest BCUT2D eigenvalue weighted by molar-refractivity contribution is -0.123. The number of amides is 3. The number of hydrogen-bond acceptors (Lipinski definition) is 6. The van der Waals surface area contributed by atoms with Crippen LogP contribution in [-0.2, 0) is 16.1 Å². The summed E-state index contributed by atoms with van der Waals surface area (Å²) >= 11 is 0. The minimum Gasteiger partial charge on any atom is -0.467 e. The molecule has 2 aromatic heterocycles. The van der Waals surface area contributed by atoms with Crippen LogP contribution in [0.5, 0.6) is 0 Å². The number of imide groups is 1. The van der Waals surface area contributed by atoms with Gasteiger partial charge in [-0.05, 0) is 24.3 Å². The zero-order valence-corrected chi connectivity index (χ0v) is 16.9. The summed E-state index contributed by atoms with van der Waals surface area (Å²) in [6, 6.07) is 20.9. The van der Waals surface area contributed by atoms with Gasteiger partial charge in [0.2, 0.25) is 0 Å². The number of esters is 1. The van der Waals surface area contributed by atoms with E-state index in [-0.39, 0.29) is 12.1 Å². The first-order valence-electron chi connectivity index (χ1n) is 9.82. The number of hydrogen-bond donors (Lipinski definition) is 2. The average molecular weight is 429 g/mol. The quantitative estimate of drug-likeness (QED) is 0.453. The van der Waals surface area contributed by atoms with Gasteiger partial charge in [-0.15, -0.1) is 0 Å². The van der Waals surface area contributed by atoms with Crippen molar-refractivity contribution in [1.29, 1.82) is 0 Å². The Morgan fingerprint density at radius 2 is 1.72 bits per heavy atom. The highest BCUT2D eigenvalue weighted by Gasteiger charge is 2.17. The van der Waals surface area contributed by atoms with Gasteiger partial charge in [0, 0.05) is 10.9 Å². The molecule has 0 radical (unpaired) electrons. The number of rotatable bonds is 6. The third-order valence-corrected chi connectivity index (χ3v) is 4.60. The van der Waals surface area contributed by atoms with Gasteiger partial charge in [-0.2, -0.15) is 0 Å². The van der Waals surface area contributed by atoms with E-state index in [4.69, 9.17) is 9.15 Å². The second-order valence-electron chi connectivity index (χ2n) is 6.82. The topological polar surface area (TPSA) is 111 Å². The van der Waals surface area contributed by atoms with Crippen molar-refractivity contribution in [2.75, 3.05) is 6.61 Å². The molecule has 0 saturated carbocycles. The Morgan fingerprint density at radius 1 is 0.938 bits per heavy atom. The highest BCUT2D eigenvalue weighted by Crippen LogP contribution is 2.25. The third-order valence-electron chi connectivity index (χ3n) is 4.60. The summed E-state index contributed by atoms with van der Waals surface area (Å²) in [5.74, 6) is -0.901. The highest BCUT2D eigenvalue weighted by atomic mass is 16.5. The number of carbonyl (C=O) groups is 3. The van der Waals surface area contributed by atoms with Gasteiger partial charge in [0.25, 0.3) is 5.91 Å². The molecule has 0 atom stereocenters. The first kappa shape index (κ1) is 20.8. The van der Waals surface area contributed by atoms with Crippen LogP contribution < -0.4 is 10.6 Å². The van der Waals surface area contributed by atoms with Crippen LogP contribution in [-0.4, -0.2) is 29.5 Å². The molecule has 0 spiro atoms. The van der Waals surface area contributed by atoms with Gasteiger partial charge in [-0.3, -0.25) is 10.1 Å². The molecule has 0 aliphatic heterocycles. The summed E-state index contributed by atoms with van der Waals surface area (Å²) in [4.78, 5) is 41.2. The second-order valence-corrected chi connectivity index (χ2v) is 6.82. The van der Waals surface area contributed by atoms with Crippen molar-refractivity contribution in [3.8, 4) is 11.3 Å². The Hall–Kier alpha value is -4.46. The van der Waals surface area contributed by atoms with Crippen LogP contribution >= 0.6 is 0 Å². The zero-order chi connectivity index (χ0) is 22.3. The monoisotopic (exact) mass is 429 g/mol. The molecule has 0 unspecified atom stereocenters. The van der Waals surface area contributed by atoms with Gasteiger partial charge in [0.15, 0.2) is 6.61 Å². The maximum atomic E-state index is 12.8. The van der Waals surface area contributed by atoms with Crippen LogP contribution in [0.2, 0.25) is 0 Å². The molecular weight excluding hydrogens is 410 g/mol. The average Bonchev–Trinajstić information content (AvgIpc) is 3.35. The maximum absolute atomic E-state index is 12.8. The molecule has 4 rings (SSSR count). The predicted molar refractivity (Wildman–Crippen MR) is 117 cm³/mol. The zero-order valence-electron chi connectivity index (χ0n) is 16.9. The maximum Gasteiger partial charge on any atom is 0.339 e. The lowest BCUT2D eigenvalue weighted by Gasteiger charge is -2.10. The van der Waals surface area contributed by atoms with E-state index in [0.717, 1.165) is 5.56 Å². The van der Waals surface area contributed by atoms with Crippen molar-refractivity contribution in [3.63, 3.8) is 0 Å². The molecule has 2 heterocycles. The van der Waals surface area contributed by atoms with Crippen molar-refractivity contribution < 1.29 is 23.5 Å². The smallest absolute Gasteiger partial charge is 0.339 e. The van der Waals surface area contributed by atoms with Crippen LogP contribution in [0.4, 0.5) is 4.79 Å². The molecular formula is C24H19N3O5. The van der Waals surface area contributed by atoms with Gasteiger partial charge in [0.05, 0.1) is 29.6 Å². The minimum absolute atomic E-state index is 0.122. The van der Waals surface area contributed by atoms with E-state index in [1.807, 2.05) is 36.4 Å². The number of nitrogens with zero attached hydrogens (tertiary/aromatic N) is 1. The Labute approximate surface area is 183 Å². The summed E-state index contributed by atoms with van der Waals surface area (Å²) < 4.78 is 10.3. The molecule has 2 aromatic carbocycles. The number of carbonyl (C=O) groups excluding carboxylic acids is 3. The van der Waals surface area contributed by atoms with Crippen molar-refractivity contribution in [2.45, 2.75) is 6.54 Å². The number of pyridine rings is 1. The van der Waals surface area contributed by atoms with Gasteiger partial charge >= 0.3 is 12.0 Å². The molecule has 8 heteroatoms. The van der Waals surface area contributed by atoms with Crippen molar-refractivity contribution in [3.05, 3.63) is 90.4 Å². The van der Waals surface area contributed by atoms with Gasteiger partial charge in [-0.1, -0.05) is 48.5 Å². The Bertz CT molecular complexity index is 1250. The van der Waals surface area contributed by atoms with Crippen LogP contribution in [0.25, 0.3) is 22.2 Å². The molecule has 160 valence electrons. The van der Waals surface area contributed by atoms with E-state index >= 15 is 0 Å². The SMILES string of the molecule is O=C(COC(=O)c1cc(-c2ccccc2)nc2ccccc12)NC(=O)NCc1ccco1. The number of urea groups is 1. The molecule has 32 heavy (non-hydrogen) atoms. The van der Waals surface area contributed by atoms with E-state index < -0.39 is 24.5 Å². The molecule has 0 fully saturated rings. The Morgan fingerprint density at radius 3 is 2.50 bits per heavy atom. The lowest BCUT2D eigenvalue weighted by atomic mass is 10.0. The molecule has 8 nitrogen and oxygen atoms in total. The summed E-state index contributed by atoms with van der Waals surface area (Å²) in [5.41, 5.74) is 2.36. The van der Waals surface area contributed by atoms with E-state index in [2.05, 4.69) is 15.6 Å². The van der Waals surface area contributed by atoms with Crippen LogP contribution in [0, 0.1) is 0 Å². The fourth-order valence-corrected chi connectivity index (χ4v) is 3.10. The molecule has 0 bridgehead atoms. The summed E-state index contributed by atoms with van der Waals surface area (Å²) in [6.07, 6.45) is 1.48. The number of aromatic nitrogens is 1. The largest absolute Gasteiger partial charge is 0.467 e. The number of ether oxygens (including phenoxy) is 1. The summed E-state index contributed by atoms with van der Waals surface area (Å²) in [6.45, 7) is -0.485. The van der Waals surface area contributed by atoms with E-state index in [9.17, 15) is 14.4 Å². The second kappa shape index (κ2) is 9.57. The number of benzene rings is 2. The summed E-state index contributed by atoms with van der Waals surface area (Å²) in [5, 5.41) is 5.18. The molecule has 4 aromatic rings.